The Morgan fingerprint density at radius 2 is 1.58 bits per heavy atom. The summed E-state index contributed by atoms with van der Waals surface area (Å²) < 4.78 is 11.6. The molecule has 0 aliphatic rings. The van der Waals surface area contributed by atoms with Gasteiger partial charge in [-0.1, -0.05) is 60.1 Å². The summed E-state index contributed by atoms with van der Waals surface area (Å²) in [4.78, 5) is 24.9. The van der Waals surface area contributed by atoms with Crippen LogP contribution in [0.3, 0.4) is 0 Å². The van der Waals surface area contributed by atoms with E-state index in [9.17, 15) is 9.59 Å². The van der Waals surface area contributed by atoms with E-state index in [-0.39, 0.29) is 24.7 Å². The lowest BCUT2D eigenvalue weighted by Gasteiger charge is -2.09. The Kier molecular flexibility index (Phi) is 6.19. The second-order valence-electron chi connectivity index (χ2n) is 6.81. The number of para-hydroxylation sites is 2. The van der Waals surface area contributed by atoms with E-state index in [2.05, 4.69) is 10.9 Å². The highest BCUT2D eigenvalue weighted by atomic mass is 35.5. The highest BCUT2D eigenvalue weighted by Crippen LogP contribution is 2.27. The first-order valence-electron chi connectivity index (χ1n) is 9.62. The van der Waals surface area contributed by atoms with E-state index >= 15 is 0 Å². The minimum atomic E-state index is -0.563. The maximum atomic E-state index is 12.8. The Balaban J connectivity index is 1.46. The molecule has 0 saturated heterocycles. The van der Waals surface area contributed by atoms with Crippen LogP contribution in [0.1, 0.15) is 21.7 Å². The van der Waals surface area contributed by atoms with Gasteiger partial charge in [0.05, 0.1) is 6.42 Å². The van der Waals surface area contributed by atoms with Crippen LogP contribution in [0.25, 0.3) is 11.0 Å². The molecule has 0 unspecified atom stereocenters. The lowest BCUT2D eigenvalue weighted by atomic mass is 10.1. The quantitative estimate of drug-likeness (QED) is 0.432. The number of nitrogens with one attached hydrogen (secondary N) is 2. The van der Waals surface area contributed by atoms with Crippen molar-refractivity contribution in [2.24, 2.45) is 0 Å². The number of amides is 2. The van der Waals surface area contributed by atoms with Crippen LogP contribution in [0, 0.1) is 0 Å². The Labute approximate surface area is 183 Å². The Hall–Kier alpha value is -3.77. The van der Waals surface area contributed by atoms with Gasteiger partial charge in [-0.15, -0.1) is 0 Å². The van der Waals surface area contributed by atoms with Crippen LogP contribution >= 0.6 is 11.6 Å². The van der Waals surface area contributed by atoms with Crippen LogP contribution in [0.15, 0.2) is 83.3 Å². The van der Waals surface area contributed by atoms with Crippen molar-refractivity contribution < 1.29 is 18.7 Å². The largest absolute Gasteiger partial charge is 0.489 e. The number of ether oxygens (including phenoxy) is 1. The predicted molar refractivity (Wildman–Crippen MR) is 118 cm³/mol. The van der Waals surface area contributed by atoms with Gasteiger partial charge in [0.15, 0.2) is 0 Å². The zero-order chi connectivity index (χ0) is 21.6. The number of carbonyl (C=O) groups is 2. The highest BCUT2D eigenvalue weighted by Gasteiger charge is 2.21. The number of hydrogen-bond acceptors (Lipinski definition) is 4. The highest BCUT2D eigenvalue weighted by molar-refractivity contribution is 6.30. The van der Waals surface area contributed by atoms with Crippen LogP contribution in [0.4, 0.5) is 0 Å². The Morgan fingerprint density at radius 3 is 2.35 bits per heavy atom. The minimum absolute atomic E-state index is 0.0870. The van der Waals surface area contributed by atoms with Crippen LogP contribution in [-0.4, -0.2) is 11.8 Å². The summed E-state index contributed by atoms with van der Waals surface area (Å²) >= 11 is 5.85. The van der Waals surface area contributed by atoms with Crippen LogP contribution in [0.2, 0.25) is 5.02 Å². The number of carbonyl (C=O) groups excluding carboxylic acids is 2. The monoisotopic (exact) mass is 434 g/mol. The second kappa shape index (κ2) is 9.36. The van der Waals surface area contributed by atoms with E-state index < -0.39 is 5.91 Å². The summed E-state index contributed by atoms with van der Waals surface area (Å²) in [5.74, 6) is -0.166. The fourth-order valence-corrected chi connectivity index (χ4v) is 3.24. The van der Waals surface area contributed by atoms with E-state index in [4.69, 9.17) is 20.8 Å². The first-order chi connectivity index (χ1) is 15.1. The van der Waals surface area contributed by atoms with Crippen molar-refractivity contribution in [1.29, 1.82) is 0 Å². The summed E-state index contributed by atoms with van der Waals surface area (Å²) in [6, 6.07) is 23.5. The van der Waals surface area contributed by atoms with Gasteiger partial charge in [0, 0.05) is 16.0 Å². The maximum absolute atomic E-state index is 12.8. The molecule has 156 valence electrons. The molecule has 1 heterocycles. The zero-order valence-corrected chi connectivity index (χ0v) is 17.2. The van der Waals surface area contributed by atoms with Gasteiger partial charge in [-0.05, 0) is 35.9 Å². The molecule has 31 heavy (non-hydrogen) atoms. The van der Waals surface area contributed by atoms with E-state index in [0.29, 0.717) is 21.9 Å². The lowest BCUT2D eigenvalue weighted by molar-refractivity contribution is -0.121. The number of hydrogen-bond donors (Lipinski definition) is 2. The van der Waals surface area contributed by atoms with Gasteiger partial charge in [0.2, 0.25) is 11.7 Å². The first-order valence-corrected chi connectivity index (χ1v) is 10.00. The summed E-state index contributed by atoms with van der Waals surface area (Å²) in [5.41, 5.74) is 6.77. The fraction of sp³-hybridized carbons (Fsp3) is 0.0833. The molecular formula is C24H19ClN2O4. The van der Waals surface area contributed by atoms with Gasteiger partial charge in [-0.25, -0.2) is 0 Å². The Bertz CT molecular complexity index is 1200. The van der Waals surface area contributed by atoms with Crippen molar-refractivity contribution in [3.05, 3.63) is 101 Å². The second-order valence-corrected chi connectivity index (χ2v) is 7.25. The van der Waals surface area contributed by atoms with Crippen molar-refractivity contribution in [1.82, 2.24) is 10.9 Å². The topological polar surface area (TPSA) is 80.6 Å². The Morgan fingerprint density at radius 1 is 0.871 bits per heavy atom. The molecule has 0 saturated carbocycles. The standard InChI is InChI=1S/C24H19ClN2O4/c25-17-12-10-16(11-13-17)14-22(28)26-27-24(29)23-20(15-30-18-6-2-1-3-7-18)19-8-4-5-9-21(19)31-23/h1-13H,14-15H2,(H,26,28)(H,27,29). The lowest BCUT2D eigenvalue weighted by Crippen LogP contribution is -2.42. The van der Waals surface area contributed by atoms with Gasteiger partial charge in [0.25, 0.3) is 0 Å². The average Bonchev–Trinajstić information content (AvgIpc) is 3.17. The zero-order valence-electron chi connectivity index (χ0n) is 16.4. The third-order valence-corrected chi connectivity index (χ3v) is 4.88. The molecule has 0 fully saturated rings. The van der Waals surface area contributed by atoms with Crippen molar-refractivity contribution in [2.45, 2.75) is 13.0 Å². The molecule has 2 amide bonds. The molecule has 0 aliphatic heterocycles. The summed E-state index contributed by atoms with van der Waals surface area (Å²) in [6.07, 6.45) is 0.0988. The van der Waals surface area contributed by atoms with E-state index in [0.717, 1.165) is 10.9 Å². The first kappa shape index (κ1) is 20.5. The number of hydrazine groups is 1. The van der Waals surface area contributed by atoms with Crippen molar-refractivity contribution >= 4 is 34.4 Å². The molecule has 0 radical (unpaired) electrons. The molecule has 1 aromatic heterocycles. The molecule has 0 bridgehead atoms. The SMILES string of the molecule is O=C(Cc1ccc(Cl)cc1)NNC(=O)c1oc2ccccc2c1COc1ccccc1. The molecule has 7 heteroatoms. The molecule has 6 nitrogen and oxygen atoms in total. The van der Waals surface area contributed by atoms with E-state index in [1.54, 1.807) is 30.3 Å². The summed E-state index contributed by atoms with van der Waals surface area (Å²) in [6.45, 7) is 0.141. The smallest absolute Gasteiger partial charge is 0.305 e. The number of furan rings is 1. The van der Waals surface area contributed by atoms with Gasteiger partial charge >= 0.3 is 5.91 Å². The third kappa shape index (κ3) is 5.05. The third-order valence-electron chi connectivity index (χ3n) is 4.62. The van der Waals surface area contributed by atoms with Crippen LogP contribution < -0.4 is 15.6 Å². The van der Waals surface area contributed by atoms with Gasteiger partial charge in [-0.3, -0.25) is 20.4 Å². The average molecular weight is 435 g/mol. The molecule has 3 aromatic carbocycles. The van der Waals surface area contributed by atoms with Gasteiger partial charge in [0.1, 0.15) is 17.9 Å². The normalized spacial score (nSPS) is 10.6. The van der Waals surface area contributed by atoms with E-state index in [1.165, 1.54) is 0 Å². The van der Waals surface area contributed by atoms with Crippen molar-refractivity contribution in [3.8, 4) is 5.75 Å². The molecular weight excluding hydrogens is 416 g/mol. The molecule has 2 N–H and O–H groups in total. The predicted octanol–water partition coefficient (Wildman–Crippen LogP) is 4.67. The van der Waals surface area contributed by atoms with Crippen LogP contribution in [0.5, 0.6) is 5.75 Å². The fourth-order valence-electron chi connectivity index (χ4n) is 3.11. The molecule has 0 aliphatic carbocycles. The summed E-state index contributed by atoms with van der Waals surface area (Å²) in [7, 11) is 0. The van der Waals surface area contributed by atoms with Crippen molar-refractivity contribution in [2.75, 3.05) is 0 Å². The van der Waals surface area contributed by atoms with Gasteiger partial charge < -0.3 is 9.15 Å². The number of benzene rings is 3. The number of halogens is 1. The van der Waals surface area contributed by atoms with E-state index in [1.807, 2.05) is 48.5 Å². The maximum Gasteiger partial charge on any atom is 0.305 e. The van der Waals surface area contributed by atoms with Crippen molar-refractivity contribution in [3.63, 3.8) is 0 Å². The molecule has 4 rings (SSSR count). The molecule has 0 atom stereocenters. The number of fused-ring (bicyclic) bond motifs is 1. The minimum Gasteiger partial charge on any atom is -0.489 e. The van der Waals surface area contributed by atoms with Crippen LogP contribution in [-0.2, 0) is 17.8 Å². The number of rotatable bonds is 6. The molecule has 4 aromatic rings. The molecule has 0 spiro atoms. The summed E-state index contributed by atoms with van der Waals surface area (Å²) in [5, 5.41) is 1.36. The van der Waals surface area contributed by atoms with Gasteiger partial charge in [-0.2, -0.15) is 0 Å².